The standard InChI is InChI=1S/C17H21ClO3S/c1-3-4-8-14(2)22(20,21)13-15(12-19)11-16-9-6-5-7-10-17(16)18/h3-4,6,8-9,12,15H,1-2,5,7,10-11,13H2/b8-4-. The number of hydrogen-bond acceptors (Lipinski definition) is 3. The molecule has 0 fully saturated rings. The van der Waals surface area contributed by atoms with Crippen molar-refractivity contribution in [1.82, 2.24) is 0 Å². The lowest BCUT2D eigenvalue weighted by atomic mass is 10.0. The van der Waals surface area contributed by atoms with Crippen molar-refractivity contribution in [2.24, 2.45) is 5.92 Å². The van der Waals surface area contributed by atoms with Crippen LogP contribution in [-0.4, -0.2) is 20.5 Å². The molecule has 0 aromatic carbocycles. The molecule has 0 radical (unpaired) electrons. The molecule has 0 aromatic heterocycles. The number of carbonyl (C=O) groups is 1. The molecule has 1 unspecified atom stereocenters. The fourth-order valence-corrected chi connectivity index (χ4v) is 3.66. The molecule has 0 spiro atoms. The highest BCUT2D eigenvalue weighted by atomic mass is 35.5. The number of carbonyl (C=O) groups excluding carboxylic acids is 1. The molecule has 0 amide bonds. The molecule has 1 atom stereocenters. The smallest absolute Gasteiger partial charge is 0.178 e. The maximum Gasteiger partial charge on any atom is 0.178 e. The van der Waals surface area contributed by atoms with Gasteiger partial charge in [-0.15, -0.1) is 0 Å². The van der Waals surface area contributed by atoms with E-state index in [4.69, 9.17) is 11.6 Å². The van der Waals surface area contributed by atoms with Crippen LogP contribution in [-0.2, 0) is 14.6 Å². The molecule has 0 saturated carbocycles. The fourth-order valence-electron chi connectivity index (χ4n) is 2.13. The fraction of sp³-hybridized carbons (Fsp3) is 0.353. The summed E-state index contributed by atoms with van der Waals surface area (Å²) in [4.78, 5) is 11.2. The maximum atomic E-state index is 12.2. The molecule has 1 rings (SSSR count). The van der Waals surface area contributed by atoms with E-state index < -0.39 is 15.8 Å². The monoisotopic (exact) mass is 340 g/mol. The molecule has 0 N–H and O–H groups in total. The third-order valence-corrected chi connectivity index (χ3v) is 5.59. The van der Waals surface area contributed by atoms with E-state index in [9.17, 15) is 13.2 Å². The van der Waals surface area contributed by atoms with Crippen molar-refractivity contribution in [3.05, 3.63) is 59.0 Å². The molecule has 0 bridgehead atoms. The van der Waals surface area contributed by atoms with Crippen LogP contribution in [0.15, 0.2) is 59.0 Å². The van der Waals surface area contributed by atoms with Crippen molar-refractivity contribution in [2.45, 2.75) is 25.7 Å². The number of halogens is 1. The maximum absolute atomic E-state index is 12.2. The van der Waals surface area contributed by atoms with Crippen LogP contribution in [0.5, 0.6) is 0 Å². The first kappa shape index (κ1) is 18.7. The van der Waals surface area contributed by atoms with Gasteiger partial charge in [-0.05, 0) is 37.3 Å². The van der Waals surface area contributed by atoms with Gasteiger partial charge in [-0.2, -0.15) is 0 Å². The van der Waals surface area contributed by atoms with E-state index in [0.717, 1.165) is 24.8 Å². The molecule has 1 aliphatic rings. The van der Waals surface area contributed by atoms with Crippen LogP contribution in [0.2, 0.25) is 0 Å². The number of rotatable bonds is 8. The molecule has 5 heteroatoms. The second-order valence-electron chi connectivity index (χ2n) is 5.17. The van der Waals surface area contributed by atoms with Crippen LogP contribution in [0.1, 0.15) is 25.7 Å². The topological polar surface area (TPSA) is 51.2 Å². The van der Waals surface area contributed by atoms with Gasteiger partial charge in [0, 0.05) is 11.0 Å². The van der Waals surface area contributed by atoms with Gasteiger partial charge in [-0.1, -0.05) is 49.1 Å². The summed E-state index contributed by atoms with van der Waals surface area (Å²) in [7, 11) is -3.57. The number of hydrogen-bond donors (Lipinski definition) is 0. The predicted molar refractivity (Wildman–Crippen MR) is 92.3 cm³/mol. The van der Waals surface area contributed by atoms with Gasteiger partial charge in [-0.3, -0.25) is 0 Å². The second-order valence-corrected chi connectivity index (χ2v) is 7.71. The van der Waals surface area contributed by atoms with Crippen molar-refractivity contribution < 1.29 is 13.2 Å². The highest BCUT2D eigenvalue weighted by Gasteiger charge is 2.22. The molecule has 0 aromatic rings. The lowest BCUT2D eigenvalue weighted by molar-refractivity contribution is -0.110. The molecule has 120 valence electrons. The molecular formula is C17H21ClO3S. The summed E-state index contributed by atoms with van der Waals surface area (Å²) in [5, 5.41) is 0.711. The van der Waals surface area contributed by atoms with Crippen molar-refractivity contribution in [3.8, 4) is 0 Å². The van der Waals surface area contributed by atoms with E-state index in [1.165, 1.54) is 18.2 Å². The van der Waals surface area contributed by atoms with Crippen molar-refractivity contribution >= 4 is 27.7 Å². The normalized spacial score (nSPS) is 17.3. The van der Waals surface area contributed by atoms with E-state index in [0.29, 0.717) is 17.7 Å². The Kier molecular flexibility index (Phi) is 7.56. The van der Waals surface area contributed by atoms with Gasteiger partial charge in [0.25, 0.3) is 0 Å². The van der Waals surface area contributed by atoms with Crippen molar-refractivity contribution in [3.63, 3.8) is 0 Å². The minimum atomic E-state index is -3.57. The Morgan fingerprint density at radius 1 is 1.45 bits per heavy atom. The lowest BCUT2D eigenvalue weighted by Crippen LogP contribution is -2.18. The number of aldehydes is 1. The minimum Gasteiger partial charge on any atom is -0.303 e. The molecule has 3 nitrogen and oxygen atoms in total. The second kappa shape index (κ2) is 8.91. The van der Waals surface area contributed by atoms with Crippen LogP contribution in [0.4, 0.5) is 0 Å². The third kappa shape index (κ3) is 5.78. The van der Waals surface area contributed by atoms with E-state index in [1.54, 1.807) is 0 Å². The Bertz CT molecular complexity index is 624. The first-order chi connectivity index (χ1) is 10.4. The zero-order valence-corrected chi connectivity index (χ0v) is 14.1. The third-order valence-electron chi connectivity index (χ3n) is 3.36. The summed E-state index contributed by atoms with van der Waals surface area (Å²) < 4.78 is 24.4. The number of allylic oxidation sites excluding steroid dienone is 7. The van der Waals surface area contributed by atoms with E-state index in [1.807, 2.05) is 12.2 Å². The van der Waals surface area contributed by atoms with Gasteiger partial charge in [0.05, 0.1) is 10.7 Å². The van der Waals surface area contributed by atoms with Gasteiger partial charge >= 0.3 is 0 Å². The Balaban J connectivity index is 2.84. The summed E-state index contributed by atoms with van der Waals surface area (Å²) >= 11 is 6.21. The van der Waals surface area contributed by atoms with Crippen LogP contribution in [0.3, 0.4) is 0 Å². The van der Waals surface area contributed by atoms with Gasteiger partial charge in [-0.25, -0.2) is 8.42 Å². The molecule has 1 aliphatic carbocycles. The zero-order chi connectivity index (χ0) is 16.6. The molecule has 0 heterocycles. The molecule has 0 saturated heterocycles. The Morgan fingerprint density at radius 3 is 2.82 bits per heavy atom. The SMILES string of the molecule is C=C/C=C\C(=C)S(=O)(=O)CC(C=O)CC1=C(Cl)CCCC=C1. The van der Waals surface area contributed by atoms with Gasteiger partial charge < -0.3 is 4.79 Å². The summed E-state index contributed by atoms with van der Waals surface area (Å²) in [6.45, 7) is 7.02. The van der Waals surface area contributed by atoms with E-state index in [-0.39, 0.29) is 10.7 Å². The molecule has 22 heavy (non-hydrogen) atoms. The van der Waals surface area contributed by atoms with E-state index in [2.05, 4.69) is 13.2 Å². The first-order valence-electron chi connectivity index (χ1n) is 7.11. The van der Waals surface area contributed by atoms with Crippen LogP contribution < -0.4 is 0 Å². The Morgan fingerprint density at radius 2 is 2.18 bits per heavy atom. The summed E-state index contributed by atoms with van der Waals surface area (Å²) in [5.74, 6) is -0.899. The highest BCUT2D eigenvalue weighted by molar-refractivity contribution is 7.95. The molecular weight excluding hydrogens is 320 g/mol. The van der Waals surface area contributed by atoms with Crippen LogP contribution >= 0.6 is 11.6 Å². The average Bonchev–Trinajstić information content (AvgIpc) is 2.68. The predicted octanol–water partition coefficient (Wildman–Crippen LogP) is 4.10. The summed E-state index contributed by atoms with van der Waals surface area (Å²) in [5.41, 5.74) is 0.846. The van der Waals surface area contributed by atoms with Gasteiger partial charge in [0.15, 0.2) is 9.84 Å². The van der Waals surface area contributed by atoms with E-state index >= 15 is 0 Å². The first-order valence-corrected chi connectivity index (χ1v) is 9.14. The molecule has 0 aliphatic heterocycles. The zero-order valence-electron chi connectivity index (χ0n) is 12.5. The Labute approximate surface area is 137 Å². The number of sulfone groups is 1. The van der Waals surface area contributed by atoms with Crippen LogP contribution in [0, 0.1) is 5.92 Å². The summed E-state index contributed by atoms with van der Waals surface area (Å²) in [6, 6.07) is 0. The van der Waals surface area contributed by atoms with Crippen LogP contribution in [0.25, 0.3) is 0 Å². The van der Waals surface area contributed by atoms with Gasteiger partial charge in [0.1, 0.15) is 6.29 Å². The highest BCUT2D eigenvalue weighted by Crippen LogP contribution is 2.27. The summed E-state index contributed by atoms with van der Waals surface area (Å²) in [6.07, 6.45) is 11.9. The largest absolute Gasteiger partial charge is 0.303 e. The lowest BCUT2D eigenvalue weighted by Gasteiger charge is -2.13. The minimum absolute atomic E-state index is 0.0178. The van der Waals surface area contributed by atoms with Crippen molar-refractivity contribution in [2.75, 3.05) is 5.75 Å². The quantitative estimate of drug-likeness (QED) is 0.494. The van der Waals surface area contributed by atoms with Crippen molar-refractivity contribution in [1.29, 1.82) is 0 Å². The average molecular weight is 341 g/mol. The van der Waals surface area contributed by atoms with Gasteiger partial charge in [0.2, 0.25) is 0 Å². The Hall–Kier alpha value is -1.39.